The maximum absolute atomic E-state index is 11.6. The van der Waals surface area contributed by atoms with Gasteiger partial charge in [0, 0.05) is 6.54 Å². The zero-order valence-electron chi connectivity index (χ0n) is 10.0. The highest BCUT2D eigenvalue weighted by molar-refractivity contribution is 6.00. The third-order valence-electron chi connectivity index (χ3n) is 2.43. The Balaban J connectivity index is 1.91. The molecule has 2 rings (SSSR count). The number of H-pyrrole nitrogens is 1. The highest BCUT2D eigenvalue weighted by atomic mass is 16.2. The third-order valence-corrected chi connectivity index (χ3v) is 2.43. The van der Waals surface area contributed by atoms with E-state index in [9.17, 15) is 9.59 Å². The van der Waals surface area contributed by atoms with Crippen molar-refractivity contribution in [1.82, 2.24) is 15.5 Å². The van der Waals surface area contributed by atoms with Crippen molar-refractivity contribution in [2.75, 3.05) is 5.32 Å². The van der Waals surface area contributed by atoms with Crippen molar-refractivity contribution in [2.24, 2.45) is 5.73 Å². The number of aromatic amines is 1. The number of urea groups is 1. The van der Waals surface area contributed by atoms with Crippen LogP contribution in [-0.4, -0.2) is 22.1 Å². The van der Waals surface area contributed by atoms with Gasteiger partial charge >= 0.3 is 6.03 Å². The van der Waals surface area contributed by atoms with Crippen LogP contribution < -0.4 is 16.4 Å². The van der Waals surface area contributed by atoms with Crippen LogP contribution in [0.5, 0.6) is 0 Å². The Bertz CT molecular complexity index is 579. The maximum Gasteiger partial charge on any atom is 0.319 e. The molecule has 0 aliphatic heterocycles. The molecule has 0 saturated heterocycles. The predicted molar refractivity (Wildman–Crippen MR) is 69.4 cm³/mol. The van der Waals surface area contributed by atoms with Gasteiger partial charge in [0.1, 0.15) is 5.69 Å². The summed E-state index contributed by atoms with van der Waals surface area (Å²) in [5.41, 5.74) is 6.40. The first-order valence-electron chi connectivity index (χ1n) is 5.59. The fraction of sp³-hybridized carbons (Fsp3) is 0.0833. The molecule has 98 valence electrons. The molecule has 1 heterocycles. The number of anilines is 1. The number of carbonyl (C=O) groups excluding carboxylic acids is 2. The molecule has 0 atom stereocenters. The van der Waals surface area contributed by atoms with E-state index < -0.39 is 11.9 Å². The van der Waals surface area contributed by atoms with Crippen molar-refractivity contribution < 1.29 is 9.59 Å². The summed E-state index contributed by atoms with van der Waals surface area (Å²) in [4.78, 5) is 22.7. The number of benzene rings is 1. The molecule has 0 saturated carbocycles. The van der Waals surface area contributed by atoms with E-state index in [0.717, 1.165) is 5.56 Å². The van der Waals surface area contributed by atoms with Gasteiger partial charge in [-0.2, -0.15) is 5.10 Å². The minimum absolute atomic E-state index is 0.0647. The van der Waals surface area contributed by atoms with Gasteiger partial charge < -0.3 is 16.4 Å². The third kappa shape index (κ3) is 3.32. The molecule has 0 spiro atoms. The number of amides is 3. The van der Waals surface area contributed by atoms with Crippen LogP contribution in [0.25, 0.3) is 0 Å². The van der Waals surface area contributed by atoms with Gasteiger partial charge in [-0.25, -0.2) is 4.79 Å². The summed E-state index contributed by atoms with van der Waals surface area (Å²) in [6, 6.07) is 9.02. The van der Waals surface area contributed by atoms with Crippen LogP contribution in [0.15, 0.2) is 36.5 Å². The monoisotopic (exact) mass is 259 g/mol. The lowest BCUT2D eigenvalue weighted by Gasteiger charge is -2.06. The molecule has 0 fully saturated rings. The van der Waals surface area contributed by atoms with Crippen LogP contribution in [0.4, 0.5) is 10.5 Å². The van der Waals surface area contributed by atoms with Gasteiger partial charge in [-0.05, 0) is 5.56 Å². The topological polar surface area (TPSA) is 113 Å². The summed E-state index contributed by atoms with van der Waals surface area (Å²) < 4.78 is 0. The highest BCUT2D eigenvalue weighted by Gasteiger charge is 2.12. The lowest BCUT2D eigenvalue weighted by molar-refractivity contribution is 0.0996. The molecule has 0 bridgehead atoms. The number of hydrogen-bond donors (Lipinski definition) is 4. The fourth-order valence-corrected chi connectivity index (χ4v) is 1.51. The molecule has 1 aromatic carbocycles. The summed E-state index contributed by atoms with van der Waals surface area (Å²) in [6.45, 7) is 0.385. The van der Waals surface area contributed by atoms with Gasteiger partial charge in [0.15, 0.2) is 0 Å². The second kappa shape index (κ2) is 5.67. The lowest BCUT2D eigenvalue weighted by Crippen LogP contribution is -2.29. The molecule has 2 aromatic rings. The van der Waals surface area contributed by atoms with Crippen LogP contribution >= 0.6 is 0 Å². The number of hydrogen-bond acceptors (Lipinski definition) is 3. The molecule has 1 aromatic heterocycles. The molecule has 0 unspecified atom stereocenters. The summed E-state index contributed by atoms with van der Waals surface area (Å²) in [5.74, 6) is -0.684. The van der Waals surface area contributed by atoms with Gasteiger partial charge in [0.05, 0.1) is 11.9 Å². The van der Waals surface area contributed by atoms with E-state index in [1.807, 2.05) is 30.3 Å². The second-order valence-electron chi connectivity index (χ2n) is 3.82. The summed E-state index contributed by atoms with van der Waals surface area (Å²) in [6.07, 6.45) is 1.32. The van der Waals surface area contributed by atoms with Gasteiger partial charge in [-0.1, -0.05) is 30.3 Å². The van der Waals surface area contributed by atoms with E-state index in [2.05, 4.69) is 20.8 Å². The van der Waals surface area contributed by atoms with Gasteiger partial charge in [-0.3, -0.25) is 9.89 Å². The molecule has 3 amide bonds. The van der Waals surface area contributed by atoms with E-state index in [1.165, 1.54) is 6.20 Å². The molecule has 19 heavy (non-hydrogen) atoms. The number of rotatable bonds is 4. The van der Waals surface area contributed by atoms with E-state index in [-0.39, 0.29) is 11.4 Å². The van der Waals surface area contributed by atoms with E-state index in [1.54, 1.807) is 0 Å². The van der Waals surface area contributed by atoms with Crippen molar-refractivity contribution in [3.05, 3.63) is 47.8 Å². The highest BCUT2D eigenvalue weighted by Crippen LogP contribution is 2.10. The number of nitrogens with zero attached hydrogens (tertiary/aromatic N) is 1. The molecule has 7 heteroatoms. The number of aromatic nitrogens is 2. The number of nitrogens with two attached hydrogens (primary N) is 1. The van der Waals surface area contributed by atoms with E-state index in [4.69, 9.17) is 5.73 Å². The van der Waals surface area contributed by atoms with Crippen molar-refractivity contribution in [3.63, 3.8) is 0 Å². The number of nitrogens with one attached hydrogen (secondary N) is 3. The Labute approximate surface area is 109 Å². The quantitative estimate of drug-likeness (QED) is 0.652. The maximum atomic E-state index is 11.6. The molecular formula is C12H13N5O2. The van der Waals surface area contributed by atoms with Crippen LogP contribution in [0.3, 0.4) is 0 Å². The first-order valence-corrected chi connectivity index (χ1v) is 5.59. The first-order chi connectivity index (χ1) is 9.16. The Hall–Kier alpha value is -2.83. The second-order valence-corrected chi connectivity index (χ2v) is 3.82. The van der Waals surface area contributed by atoms with Gasteiger partial charge in [0.2, 0.25) is 0 Å². The largest absolute Gasteiger partial charge is 0.364 e. The van der Waals surface area contributed by atoms with Crippen LogP contribution in [0, 0.1) is 0 Å². The minimum Gasteiger partial charge on any atom is -0.364 e. The SMILES string of the molecule is NC(=O)c1[nH]ncc1NC(=O)NCc1ccccc1. The predicted octanol–water partition coefficient (Wildman–Crippen LogP) is 0.830. The first kappa shape index (κ1) is 12.6. The van der Waals surface area contributed by atoms with Gasteiger partial charge in [0.25, 0.3) is 5.91 Å². The fourth-order valence-electron chi connectivity index (χ4n) is 1.51. The standard InChI is InChI=1S/C12H13N5O2/c13-11(18)10-9(7-15-17-10)16-12(19)14-6-8-4-2-1-3-5-8/h1-5,7H,6H2,(H2,13,18)(H,15,17)(H2,14,16,19). The van der Waals surface area contributed by atoms with E-state index >= 15 is 0 Å². The molecule has 7 nitrogen and oxygen atoms in total. The van der Waals surface area contributed by atoms with Crippen LogP contribution in [0.1, 0.15) is 16.1 Å². The summed E-state index contributed by atoms with van der Waals surface area (Å²) in [5, 5.41) is 11.2. The summed E-state index contributed by atoms with van der Waals surface area (Å²) >= 11 is 0. The molecule has 0 aliphatic rings. The zero-order chi connectivity index (χ0) is 13.7. The average Bonchev–Trinajstić information content (AvgIpc) is 2.86. The normalized spacial score (nSPS) is 9.89. The lowest BCUT2D eigenvalue weighted by atomic mass is 10.2. The minimum atomic E-state index is -0.684. The van der Waals surface area contributed by atoms with Crippen molar-refractivity contribution >= 4 is 17.6 Å². The molecular weight excluding hydrogens is 246 g/mol. The Morgan fingerprint density at radius 2 is 2.00 bits per heavy atom. The summed E-state index contributed by atoms with van der Waals surface area (Å²) in [7, 11) is 0. The van der Waals surface area contributed by atoms with Gasteiger partial charge in [-0.15, -0.1) is 0 Å². The Kier molecular flexibility index (Phi) is 3.77. The molecule has 5 N–H and O–H groups in total. The van der Waals surface area contributed by atoms with Crippen LogP contribution in [-0.2, 0) is 6.54 Å². The zero-order valence-corrected chi connectivity index (χ0v) is 10.0. The smallest absolute Gasteiger partial charge is 0.319 e. The Morgan fingerprint density at radius 1 is 1.26 bits per heavy atom. The molecule has 0 aliphatic carbocycles. The van der Waals surface area contributed by atoms with Crippen LogP contribution in [0.2, 0.25) is 0 Å². The Morgan fingerprint density at radius 3 is 2.68 bits per heavy atom. The van der Waals surface area contributed by atoms with Crippen molar-refractivity contribution in [2.45, 2.75) is 6.54 Å². The molecule has 0 radical (unpaired) electrons. The average molecular weight is 259 g/mol. The van der Waals surface area contributed by atoms with Crippen molar-refractivity contribution in [3.8, 4) is 0 Å². The number of carbonyl (C=O) groups is 2. The van der Waals surface area contributed by atoms with Crippen molar-refractivity contribution in [1.29, 1.82) is 0 Å². The number of primary amides is 1. The van der Waals surface area contributed by atoms with E-state index in [0.29, 0.717) is 6.54 Å².